The Balaban J connectivity index is 1.85. The first kappa shape index (κ1) is 21.6. The summed E-state index contributed by atoms with van der Waals surface area (Å²) in [5, 5.41) is 15.2. The van der Waals surface area contributed by atoms with Gasteiger partial charge < -0.3 is 16.0 Å². The number of benzene rings is 2. The van der Waals surface area contributed by atoms with E-state index in [-0.39, 0.29) is 34.0 Å². The third-order valence-corrected chi connectivity index (χ3v) is 4.38. The minimum Gasteiger partial charge on any atom is -0.373 e. The zero-order chi connectivity index (χ0) is 22.5. The molecule has 0 bridgehead atoms. The average Bonchev–Trinajstić information content (AvgIpc) is 2.75. The summed E-state index contributed by atoms with van der Waals surface area (Å²) in [6.45, 7) is 1.84. The fourth-order valence-corrected chi connectivity index (χ4v) is 2.73. The lowest BCUT2D eigenvalue weighted by Gasteiger charge is -2.12. The second kappa shape index (κ2) is 9.12. The Labute approximate surface area is 177 Å². The summed E-state index contributed by atoms with van der Waals surface area (Å²) in [4.78, 5) is 29.3. The number of hydrogen-bond acceptors (Lipinski definition) is 4. The first-order valence-electron chi connectivity index (χ1n) is 9.19. The highest BCUT2D eigenvalue weighted by Gasteiger charge is 2.19. The molecule has 0 aliphatic rings. The molecule has 158 valence electrons. The van der Waals surface area contributed by atoms with Crippen LogP contribution in [0.15, 0.2) is 54.7 Å². The van der Waals surface area contributed by atoms with Crippen LogP contribution in [0.3, 0.4) is 0 Å². The third-order valence-electron chi connectivity index (χ3n) is 4.38. The second-order valence-corrected chi connectivity index (χ2v) is 6.64. The number of nitrogens with zero attached hydrogens (tertiary/aromatic N) is 1. The third kappa shape index (κ3) is 5.08. The summed E-state index contributed by atoms with van der Waals surface area (Å²) >= 11 is 0. The van der Waals surface area contributed by atoms with E-state index in [4.69, 9.17) is 5.41 Å². The molecule has 4 N–H and O–H groups in total. The normalized spacial score (nSPS) is 10.3. The number of aromatic nitrogens is 1. The van der Waals surface area contributed by atoms with Gasteiger partial charge in [-0.25, -0.2) is 13.8 Å². The SMILES string of the molecule is CNC(=N)c1ccc(C(=O)Nc2ccc(F)cc2C(=O)Nc2ccc(C)cn2)c(F)c1. The summed E-state index contributed by atoms with van der Waals surface area (Å²) in [6.07, 6.45) is 1.56. The molecule has 0 aliphatic heterocycles. The van der Waals surface area contributed by atoms with E-state index >= 15 is 0 Å². The summed E-state index contributed by atoms with van der Waals surface area (Å²) in [5.74, 6) is -2.79. The van der Waals surface area contributed by atoms with E-state index in [9.17, 15) is 18.4 Å². The van der Waals surface area contributed by atoms with Crippen molar-refractivity contribution >= 4 is 29.2 Å². The fraction of sp³-hybridized carbons (Fsp3) is 0.0909. The molecule has 0 unspecified atom stereocenters. The number of amides is 2. The number of rotatable bonds is 5. The van der Waals surface area contributed by atoms with Crippen molar-refractivity contribution in [2.24, 2.45) is 0 Å². The summed E-state index contributed by atoms with van der Waals surface area (Å²) in [7, 11) is 1.52. The van der Waals surface area contributed by atoms with Crippen molar-refractivity contribution in [2.45, 2.75) is 6.92 Å². The van der Waals surface area contributed by atoms with Gasteiger partial charge in [-0.3, -0.25) is 15.0 Å². The van der Waals surface area contributed by atoms with Gasteiger partial charge in [0, 0.05) is 18.8 Å². The lowest BCUT2D eigenvalue weighted by Crippen LogP contribution is -2.21. The molecule has 1 heterocycles. The lowest BCUT2D eigenvalue weighted by atomic mass is 10.1. The van der Waals surface area contributed by atoms with Gasteiger partial charge in [-0.1, -0.05) is 12.1 Å². The molecule has 31 heavy (non-hydrogen) atoms. The summed E-state index contributed by atoms with van der Waals surface area (Å²) in [6, 6.07) is 10.3. The molecule has 0 fully saturated rings. The first-order chi connectivity index (χ1) is 14.8. The number of nitrogens with one attached hydrogen (secondary N) is 4. The Morgan fingerprint density at radius 3 is 2.32 bits per heavy atom. The van der Waals surface area contributed by atoms with E-state index in [0.717, 1.165) is 23.8 Å². The molecule has 0 saturated heterocycles. The van der Waals surface area contributed by atoms with Gasteiger partial charge in [0.25, 0.3) is 11.8 Å². The van der Waals surface area contributed by atoms with Crippen molar-refractivity contribution in [3.05, 3.63) is 88.6 Å². The van der Waals surface area contributed by atoms with Gasteiger partial charge in [-0.15, -0.1) is 0 Å². The van der Waals surface area contributed by atoms with Gasteiger partial charge in [0.2, 0.25) is 0 Å². The Bertz CT molecular complexity index is 1160. The zero-order valence-electron chi connectivity index (χ0n) is 16.7. The molecule has 7 nitrogen and oxygen atoms in total. The van der Waals surface area contributed by atoms with E-state index in [2.05, 4.69) is 20.9 Å². The largest absolute Gasteiger partial charge is 0.373 e. The number of carbonyl (C=O) groups is 2. The van der Waals surface area contributed by atoms with Crippen LogP contribution in [0, 0.1) is 24.0 Å². The van der Waals surface area contributed by atoms with Crippen LogP contribution in [0.4, 0.5) is 20.3 Å². The Morgan fingerprint density at radius 1 is 0.935 bits per heavy atom. The van der Waals surface area contributed by atoms with Crippen molar-refractivity contribution < 1.29 is 18.4 Å². The van der Waals surface area contributed by atoms with E-state index in [0.29, 0.717) is 0 Å². The predicted octanol–water partition coefficient (Wildman–Crippen LogP) is 3.72. The first-order valence-corrected chi connectivity index (χ1v) is 9.19. The van der Waals surface area contributed by atoms with Crippen molar-refractivity contribution in [1.82, 2.24) is 10.3 Å². The standard InChI is InChI=1S/C22H19F2N5O2/c1-12-3-8-19(27-11-12)29-22(31)16-10-14(23)5-7-18(16)28-21(30)15-6-4-13(9-17(15)24)20(25)26-2/h3-11H,1-2H3,(H2,25,26)(H,28,30)(H,27,29,31). The van der Waals surface area contributed by atoms with Crippen molar-refractivity contribution in [2.75, 3.05) is 17.7 Å². The van der Waals surface area contributed by atoms with Crippen molar-refractivity contribution in [1.29, 1.82) is 5.41 Å². The van der Waals surface area contributed by atoms with Crippen LogP contribution in [0.1, 0.15) is 31.8 Å². The van der Waals surface area contributed by atoms with Gasteiger partial charge in [0.15, 0.2) is 0 Å². The fourth-order valence-electron chi connectivity index (χ4n) is 2.73. The topological polar surface area (TPSA) is 107 Å². The molecule has 1 aromatic heterocycles. The molecule has 0 radical (unpaired) electrons. The van der Waals surface area contributed by atoms with Crippen LogP contribution in [-0.4, -0.2) is 29.7 Å². The smallest absolute Gasteiger partial charge is 0.259 e. The number of pyridine rings is 1. The van der Waals surface area contributed by atoms with Gasteiger partial charge in [-0.2, -0.15) is 0 Å². The van der Waals surface area contributed by atoms with Crippen molar-refractivity contribution in [3.63, 3.8) is 0 Å². The van der Waals surface area contributed by atoms with Crippen LogP contribution in [-0.2, 0) is 0 Å². The predicted molar refractivity (Wildman–Crippen MR) is 114 cm³/mol. The molecule has 9 heteroatoms. The zero-order valence-corrected chi connectivity index (χ0v) is 16.7. The van der Waals surface area contributed by atoms with Crippen molar-refractivity contribution in [3.8, 4) is 0 Å². The molecule has 2 amide bonds. The van der Waals surface area contributed by atoms with E-state index in [1.807, 2.05) is 6.92 Å². The average molecular weight is 423 g/mol. The number of anilines is 2. The maximum absolute atomic E-state index is 14.4. The highest BCUT2D eigenvalue weighted by molar-refractivity contribution is 6.12. The quantitative estimate of drug-likeness (QED) is 0.371. The molecular weight excluding hydrogens is 404 g/mol. The monoisotopic (exact) mass is 423 g/mol. The minimum absolute atomic E-state index is 0.00227. The number of hydrogen-bond donors (Lipinski definition) is 4. The Kier molecular flexibility index (Phi) is 6.35. The van der Waals surface area contributed by atoms with Crippen LogP contribution < -0.4 is 16.0 Å². The molecular formula is C22H19F2N5O2. The van der Waals surface area contributed by atoms with Gasteiger partial charge in [-0.05, 0) is 48.9 Å². The maximum Gasteiger partial charge on any atom is 0.259 e. The van der Waals surface area contributed by atoms with Crippen LogP contribution in [0.2, 0.25) is 0 Å². The molecule has 0 atom stereocenters. The number of aryl methyl sites for hydroxylation is 1. The van der Waals surface area contributed by atoms with Crippen LogP contribution >= 0.6 is 0 Å². The lowest BCUT2D eigenvalue weighted by molar-refractivity contribution is 0.102. The van der Waals surface area contributed by atoms with E-state index in [1.165, 1.54) is 25.2 Å². The summed E-state index contributed by atoms with van der Waals surface area (Å²) in [5.41, 5.74) is 0.731. The minimum atomic E-state index is -0.841. The number of halogens is 2. The van der Waals surface area contributed by atoms with Crippen LogP contribution in [0.5, 0.6) is 0 Å². The number of carbonyl (C=O) groups excluding carboxylic acids is 2. The molecule has 0 spiro atoms. The molecule has 3 aromatic rings. The molecule has 0 aliphatic carbocycles. The highest BCUT2D eigenvalue weighted by atomic mass is 19.1. The van der Waals surface area contributed by atoms with Gasteiger partial charge in [0.05, 0.1) is 16.8 Å². The summed E-state index contributed by atoms with van der Waals surface area (Å²) < 4.78 is 28.2. The van der Waals surface area contributed by atoms with E-state index in [1.54, 1.807) is 18.3 Å². The maximum atomic E-state index is 14.4. The Hall–Kier alpha value is -4.14. The van der Waals surface area contributed by atoms with Crippen LogP contribution in [0.25, 0.3) is 0 Å². The van der Waals surface area contributed by atoms with E-state index < -0.39 is 23.4 Å². The van der Waals surface area contributed by atoms with Gasteiger partial charge in [0.1, 0.15) is 23.3 Å². The molecule has 3 rings (SSSR count). The number of amidine groups is 1. The molecule has 2 aromatic carbocycles. The molecule has 0 saturated carbocycles. The Morgan fingerprint density at radius 2 is 1.68 bits per heavy atom. The highest BCUT2D eigenvalue weighted by Crippen LogP contribution is 2.21. The second-order valence-electron chi connectivity index (χ2n) is 6.64. The van der Waals surface area contributed by atoms with Gasteiger partial charge >= 0.3 is 0 Å².